The highest BCUT2D eigenvalue weighted by atomic mass is 32.2. The van der Waals surface area contributed by atoms with E-state index in [0.29, 0.717) is 24.6 Å². The highest BCUT2D eigenvalue weighted by Gasteiger charge is 2.28. The van der Waals surface area contributed by atoms with Crippen molar-refractivity contribution >= 4 is 33.1 Å². The number of anilines is 2. The van der Waals surface area contributed by atoms with Gasteiger partial charge in [-0.3, -0.25) is 4.79 Å². The van der Waals surface area contributed by atoms with Crippen LogP contribution >= 0.6 is 0 Å². The fraction of sp³-hybridized carbons (Fsp3) is 0.364. The molecule has 8 heteroatoms. The Morgan fingerprint density at radius 2 is 1.97 bits per heavy atom. The smallest absolute Gasteiger partial charge is 0.286 e. The van der Waals surface area contributed by atoms with Crippen molar-refractivity contribution in [3.63, 3.8) is 0 Å². The summed E-state index contributed by atoms with van der Waals surface area (Å²) in [4.78, 5) is 17.1. The number of hydrogen-bond donors (Lipinski definition) is 1. The molecule has 4 rings (SSSR count). The molecule has 1 atom stereocenters. The lowest BCUT2D eigenvalue weighted by molar-refractivity contribution is -0.131. The van der Waals surface area contributed by atoms with Crippen molar-refractivity contribution < 1.29 is 13.2 Å². The van der Waals surface area contributed by atoms with E-state index in [1.807, 2.05) is 4.90 Å². The highest BCUT2D eigenvalue weighted by Crippen LogP contribution is 2.27. The number of para-hydroxylation sites is 1. The Morgan fingerprint density at radius 3 is 2.73 bits per heavy atom. The van der Waals surface area contributed by atoms with Crippen LogP contribution in [0.5, 0.6) is 0 Å². The van der Waals surface area contributed by atoms with Gasteiger partial charge in [-0.2, -0.15) is 8.42 Å². The quantitative estimate of drug-likeness (QED) is 0.813. The van der Waals surface area contributed by atoms with Crippen LogP contribution in [0.15, 0.2) is 57.8 Å². The van der Waals surface area contributed by atoms with Crippen molar-refractivity contribution in [1.82, 2.24) is 4.90 Å². The van der Waals surface area contributed by atoms with Gasteiger partial charge in [0.15, 0.2) is 0 Å². The fourth-order valence-electron chi connectivity index (χ4n) is 4.03. The lowest BCUT2D eigenvalue weighted by atomic mass is 10.1. The van der Waals surface area contributed by atoms with Crippen molar-refractivity contribution in [2.75, 3.05) is 29.9 Å². The Balaban J connectivity index is 1.36. The summed E-state index contributed by atoms with van der Waals surface area (Å²) in [6.07, 6.45) is 0.486. The number of benzene rings is 2. The molecule has 2 aliphatic rings. The first-order valence-electron chi connectivity index (χ1n) is 10.1. The van der Waals surface area contributed by atoms with Crippen molar-refractivity contribution in [3.05, 3.63) is 54.1 Å². The maximum Gasteiger partial charge on any atom is 0.286 e. The van der Waals surface area contributed by atoms with E-state index in [9.17, 15) is 13.2 Å². The van der Waals surface area contributed by atoms with Gasteiger partial charge >= 0.3 is 0 Å². The number of amidine groups is 1. The number of piperazine rings is 1. The second-order valence-corrected chi connectivity index (χ2v) is 9.43. The number of nitrogens with zero attached hydrogens (tertiary/aromatic N) is 3. The van der Waals surface area contributed by atoms with Crippen LogP contribution in [0.3, 0.4) is 0 Å². The molecule has 1 saturated heterocycles. The molecule has 0 aliphatic carbocycles. The van der Waals surface area contributed by atoms with Gasteiger partial charge in [0.05, 0.1) is 5.69 Å². The molecule has 1 amide bonds. The van der Waals surface area contributed by atoms with Crippen LogP contribution < -0.4 is 10.2 Å². The summed E-state index contributed by atoms with van der Waals surface area (Å²) in [5.74, 6) is 0.333. The first-order valence-corrected chi connectivity index (χ1v) is 11.6. The number of amides is 1. The predicted octanol–water partition coefficient (Wildman–Crippen LogP) is 3.03. The molecule has 0 bridgehead atoms. The average molecular weight is 427 g/mol. The number of sulfonamides is 1. The van der Waals surface area contributed by atoms with Crippen LogP contribution in [0.1, 0.15) is 25.3 Å². The monoisotopic (exact) mass is 426 g/mol. The molecule has 0 saturated carbocycles. The van der Waals surface area contributed by atoms with Crippen molar-refractivity contribution in [3.8, 4) is 0 Å². The first kappa shape index (κ1) is 20.4. The number of rotatable bonds is 4. The largest absolute Gasteiger partial charge is 0.365 e. The molecule has 158 valence electrons. The minimum Gasteiger partial charge on any atom is -0.365 e. The zero-order valence-electron chi connectivity index (χ0n) is 17.2. The number of carbonyl (C=O) groups is 1. The van der Waals surface area contributed by atoms with Crippen LogP contribution in [0.2, 0.25) is 0 Å². The molecule has 2 aromatic rings. The number of aryl methyl sites for hydroxylation is 1. The number of fused-ring (bicyclic) bond motifs is 1. The van der Waals surface area contributed by atoms with Gasteiger partial charge in [0, 0.05) is 44.2 Å². The topological polar surface area (TPSA) is 82.1 Å². The highest BCUT2D eigenvalue weighted by molar-refractivity contribution is 7.90. The second-order valence-electron chi connectivity index (χ2n) is 7.86. The van der Waals surface area contributed by atoms with Crippen molar-refractivity contribution in [2.45, 2.75) is 37.6 Å². The molecule has 2 aromatic carbocycles. The molecule has 1 N–H and O–H groups in total. The Labute approximate surface area is 177 Å². The van der Waals surface area contributed by atoms with E-state index in [-0.39, 0.29) is 29.7 Å². The van der Waals surface area contributed by atoms with Gasteiger partial charge in [0.2, 0.25) is 5.91 Å². The number of carbonyl (C=O) groups excluding carboxylic acids is 1. The first-order chi connectivity index (χ1) is 14.3. The van der Waals surface area contributed by atoms with E-state index in [2.05, 4.69) is 52.7 Å². The predicted molar refractivity (Wildman–Crippen MR) is 118 cm³/mol. The summed E-state index contributed by atoms with van der Waals surface area (Å²) in [6, 6.07) is 15.3. The summed E-state index contributed by atoms with van der Waals surface area (Å²) < 4.78 is 28.5. The zero-order valence-corrected chi connectivity index (χ0v) is 18.0. The molecule has 0 aromatic heterocycles. The summed E-state index contributed by atoms with van der Waals surface area (Å²) in [5, 5.41) is 3.05. The Morgan fingerprint density at radius 1 is 1.17 bits per heavy atom. The standard InChI is InChI=1S/C22H26N4O3S/c1-16-6-5-7-18(14-16)26-13-12-25(15-17(26)2)22(27)11-10-21-23-19-8-3-4-9-20(19)30(28,29)24-21/h3-9,14,17H,10-13,15H2,1-2H3,(H,23,24). The SMILES string of the molecule is Cc1cccc(N2CCN(C(=O)CCC3=NS(=O)(=O)c4ccccc4N3)CC2C)c1. The van der Waals surface area contributed by atoms with E-state index >= 15 is 0 Å². The second kappa shape index (κ2) is 8.10. The van der Waals surface area contributed by atoms with Gasteiger partial charge < -0.3 is 15.1 Å². The molecule has 0 radical (unpaired) electrons. The zero-order chi connectivity index (χ0) is 21.3. The molecule has 30 heavy (non-hydrogen) atoms. The molecular weight excluding hydrogens is 400 g/mol. The van der Waals surface area contributed by atoms with E-state index in [0.717, 1.165) is 6.54 Å². The van der Waals surface area contributed by atoms with Gasteiger partial charge in [-0.1, -0.05) is 24.3 Å². The van der Waals surface area contributed by atoms with Gasteiger partial charge in [-0.15, -0.1) is 4.40 Å². The third-order valence-electron chi connectivity index (χ3n) is 5.56. The summed E-state index contributed by atoms with van der Waals surface area (Å²) in [7, 11) is -3.72. The van der Waals surface area contributed by atoms with Gasteiger partial charge in [-0.25, -0.2) is 0 Å². The van der Waals surface area contributed by atoms with Crippen LogP contribution in [0.4, 0.5) is 11.4 Å². The fourth-order valence-corrected chi connectivity index (χ4v) is 5.21. The molecule has 2 aliphatic heterocycles. The summed E-state index contributed by atoms with van der Waals surface area (Å²) >= 11 is 0. The molecule has 2 heterocycles. The third-order valence-corrected chi connectivity index (χ3v) is 6.94. The van der Waals surface area contributed by atoms with Crippen LogP contribution in [0, 0.1) is 6.92 Å². The third kappa shape index (κ3) is 4.18. The van der Waals surface area contributed by atoms with Gasteiger partial charge in [0.25, 0.3) is 10.0 Å². The molecule has 0 spiro atoms. The number of nitrogens with one attached hydrogen (secondary N) is 1. The Hall–Kier alpha value is -2.87. The van der Waals surface area contributed by atoms with E-state index in [4.69, 9.17) is 0 Å². The lowest BCUT2D eigenvalue weighted by Crippen LogP contribution is -2.53. The maximum absolute atomic E-state index is 12.8. The maximum atomic E-state index is 12.8. The molecular formula is C22H26N4O3S. The van der Waals surface area contributed by atoms with Crippen molar-refractivity contribution in [1.29, 1.82) is 0 Å². The minimum absolute atomic E-state index is 0.0199. The van der Waals surface area contributed by atoms with E-state index in [1.54, 1.807) is 18.2 Å². The number of hydrogen-bond acceptors (Lipinski definition) is 5. The van der Waals surface area contributed by atoms with Gasteiger partial charge in [-0.05, 0) is 43.7 Å². The molecule has 7 nitrogen and oxygen atoms in total. The van der Waals surface area contributed by atoms with E-state index < -0.39 is 10.0 Å². The van der Waals surface area contributed by atoms with Gasteiger partial charge in [0.1, 0.15) is 10.7 Å². The van der Waals surface area contributed by atoms with Crippen LogP contribution in [-0.2, 0) is 14.8 Å². The Bertz CT molecular complexity index is 1100. The normalized spacial score (nSPS) is 20.2. The van der Waals surface area contributed by atoms with Crippen LogP contribution in [-0.4, -0.2) is 50.7 Å². The van der Waals surface area contributed by atoms with Crippen molar-refractivity contribution in [2.24, 2.45) is 4.40 Å². The van der Waals surface area contributed by atoms with Crippen LogP contribution in [0.25, 0.3) is 0 Å². The molecule has 1 fully saturated rings. The Kier molecular flexibility index (Phi) is 5.51. The summed E-state index contributed by atoms with van der Waals surface area (Å²) in [6.45, 7) is 6.27. The lowest BCUT2D eigenvalue weighted by Gasteiger charge is -2.41. The average Bonchev–Trinajstić information content (AvgIpc) is 2.71. The van der Waals surface area contributed by atoms with E-state index in [1.165, 1.54) is 17.3 Å². The molecule has 1 unspecified atom stereocenters. The summed E-state index contributed by atoms with van der Waals surface area (Å²) in [5.41, 5.74) is 2.91. The minimum atomic E-state index is -3.72.